The van der Waals surface area contributed by atoms with Gasteiger partial charge in [0.1, 0.15) is 6.29 Å². The van der Waals surface area contributed by atoms with Crippen molar-refractivity contribution < 1.29 is 4.79 Å². The largest absolute Gasteiger partial charge is 0.299 e. The van der Waals surface area contributed by atoms with Crippen LogP contribution in [-0.4, -0.2) is 14.4 Å². The molecule has 0 unspecified atom stereocenters. The van der Waals surface area contributed by atoms with Crippen molar-refractivity contribution >= 4 is 27.0 Å². The van der Waals surface area contributed by atoms with Gasteiger partial charge in [0.25, 0.3) is 0 Å². The summed E-state index contributed by atoms with van der Waals surface area (Å²) in [6.07, 6.45) is 4.98. The zero-order valence-electron chi connectivity index (χ0n) is 10.7. The number of benzene rings is 1. The van der Waals surface area contributed by atoms with Gasteiger partial charge in [0, 0.05) is 4.90 Å². The normalized spacial score (nSPS) is 12.6. The summed E-state index contributed by atoms with van der Waals surface area (Å²) in [6, 6.07) is 8.10. The molecule has 3 heteroatoms. The highest BCUT2D eigenvalue weighted by Crippen LogP contribution is 2.17. The van der Waals surface area contributed by atoms with E-state index in [0.717, 1.165) is 29.2 Å². The van der Waals surface area contributed by atoms with Crippen molar-refractivity contribution in [3.8, 4) is 0 Å². The lowest BCUT2D eigenvalue weighted by atomic mass is 10.1. The SMILES string of the molecule is C[Si](C)(C)/C(C=O)=C/CCc1ccccc1S. The van der Waals surface area contributed by atoms with Crippen LogP contribution in [-0.2, 0) is 11.2 Å². The summed E-state index contributed by atoms with van der Waals surface area (Å²) < 4.78 is 0. The van der Waals surface area contributed by atoms with Gasteiger partial charge in [0.2, 0.25) is 0 Å². The van der Waals surface area contributed by atoms with Crippen LogP contribution < -0.4 is 0 Å². The molecule has 0 N–H and O–H groups in total. The minimum absolute atomic E-state index is 0.913. The molecule has 0 bridgehead atoms. The van der Waals surface area contributed by atoms with Gasteiger partial charge in [-0.05, 0) is 29.7 Å². The molecule has 0 heterocycles. The van der Waals surface area contributed by atoms with Crippen LogP contribution in [0.1, 0.15) is 12.0 Å². The molecule has 17 heavy (non-hydrogen) atoms. The fourth-order valence-electron chi connectivity index (χ4n) is 1.64. The third-order valence-corrected chi connectivity index (χ3v) is 5.25. The average Bonchev–Trinajstić information content (AvgIpc) is 2.25. The summed E-state index contributed by atoms with van der Waals surface area (Å²) in [6.45, 7) is 6.58. The number of thiol groups is 1. The third kappa shape index (κ3) is 4.52. The number of aryl methyl sites for hydroxylation is 1. The van der Waals surface area contributed by atoms with Crippen LogP contribution in [0.2, 0.25) is 19.6 Å². The monoisotopic (exact) mass is 264 g/mol. The number of carbonyl (C=O) groups excluding carboxylic acids is 1. The molecule has 92 valence electrons. The zero-order valence-corrected chi connectivity index (χ0v) is 12.6. The molecule has 1 aromatic carbocycles. The Morgan fingerprint density at radius 1 is 1.29 bits per heavy atom. The van der Waals surface area contributed by atoms with Crippen LogP contribution in [0.25, 0.3) is 0 Å². The number of hydrogen-bond acceptors (Lipinski definition) is 2. The Morgan fingerprint density at radius 2 is 1.94 bits per heavy atom. The average molecular weight is 264 g/mol. The van der Waals surface area contributed by atoms with Crippen LogP contribution >= 0.6 is 12.6 Å². The fourth-order valence-corrected chi connectivity index (χ4v) is 3.02. The maximum Gasteiger partial charge on any atom is 0.141 e. The molecule has 0 amide bonds. The Bertz CT molecular complexity index is 418. The van der Waals surface area contributed by atoms with Crippen LogP contribution in [0, 0.1) is 0 Å². The van der Waals surface area contributed by atoms with E-state index in [9.17, 15) is 4.79 Å². The maximum atomic E-state index is 11.0. The highest BCUT2D eigenvalue weighted by Gasteiger charge is 2.18. The van der Waals surface area contributed by atoms with E-state index in [1.165, 1.54) is 5.56 Å². The molecule has 0 atom stereocenters. The van der Waals surface area contributed by atoms with Crippen LogP contribution in [0.15, 0.2) is 40.4 Å². The second kappa shape index (κ2) is 6.22. The molecule has 0 aromatic heterocycles. The van der Waals surface area contributed by atoms with Crippen molar-refractivity contribution in [2.45, 2.75) is 37.4 Å². The van der Waals surface area contributed by atoms with E-state index in [1.54, 1.807) is 0 Å². The van der Waals surface area contributed by atoms with Gasteiger partial charge in [0.15, 0.2) is 0 Å². The van der Waals surface area contributed by atoms with E-state index in [1.807, 2.05) is 18.2 Å². The molecular weight excluding hydrogens is 244 g/mol. The molecular formula is C14H20OSSi. The topological polar surface area (TPSA) is 17.1 Å². The van der Waals surface area contributed by atoms with Gasteiger partial charge in [-0.2, -0.15) is 0 Å². The third-order valence-electron chi connectivity index (χ3n) is 2.76. The van der Waals surface area contributed by atoms with E-state index in [4.69, 9.17) is 0 Å². The molecule has 0 aliphatic carbocycles. The molecule has 1 rings (SSSR count). The molecule has 0 fully saturated rings. The van der Waals surface area contributed by atoms with Gasteiger partial charge in [-0.1, -0.05) is 43.9 Å². The predicted molar refractivity (Wildman–Crippen MR) is 79.5 cm³/mol. The molecule has 0 aliphatic heterocycles. The lowest BCUT2D eigenvalue weighted by Gasteiger charge is -2.15. The number of rotatable bonds is 5. The van der Waals surface area contributed by atoms with Gasteiger partial charge < -0.3 is 0 Å². The van der Waals surface area contributed by atoms with Crippen molar-refractivity contribution in [2.75, 3.05) is 0 Å². The van der Waals surface area contributed by atoms with E-state index >= 15 is 0 Å². The summed E-state index contributed by atoms with van der Waals surface area (Å²) in [4.78, 5) is 12.0. The van der Waals surface area contributed by atoms with Crippen LogP contribution in [0.3, 0.4) is 0 Å². The van der Waals surface area contributed by atoms with Gasteiger partial charge in [-0.15, -0.1) is 12.6 Å². The minimum Gasteiger partial charge on any atom is -0.299 e. The van der Waals surface area contributed by atoms with E-state index in [0.29, 0.717) is 0 Å². The van der Waals surface area contributed by atoms with E-state index in [2.05, 4.69) is 44.4 Å². The van der Waals surface area contributed by atoms with Crippen LogP contribution in [0.4, 0.5) is 0 Å². The van der Waals surface area contributed by atoms with Crippen molar-refractivity contribution in [2.24, 2.45) is 0 Å². The lowest BCUT2D eigenvalue weighted by Crippen LogP contribution is -2.24. The second-order valence-electron chi connectivity index (χ2n) is 5.19. The molecule has 0 radical (unpaired) electrons. The molecule has 1 nitrogen and oxygen atoms in total. The van der Waals surface area contributed by atoms with Crippen molar-refractivity contribution in [3.05, 3.63) is 41.1 Å². The number of hydrogen-bond donors (Lipinski definition) is 1. The Morgan fingerprint density at radius 3 is 2.47 bits per heavy atom. The lowest BCUT2D eigenvalue weighted by molar-refractivity contribution is -0.104. The van der Waals surface area contributed by atoms with Crippen molar-refractivity contribution in [1.29, 1.82) is 0 Å². The quantitative estimate of drug-likeness (QED) is 0.369. The Balaban J connectivity index is 2.66. The van der Waals surface area contributed by atoms with Crippen molar-refractivity contribution in [3.63, 3.8) is 0 Å². The van der Waals surface area contributed by atoms with Crippen molar-refractivity contribution in [1.82, 2.24) is 0 Å². The summed E-state index contributed by atoms with van der Waals surface area (Å²) in [5.41, 5.74) is 1.24. The molecule has 0 saturated carbocycles. The molecule has 1 aromatic rings. The summed E-state index contributed by atoms with van der Waals surface area (Å²) >= 11 is 4.42. The first-order chi connectivity index (χ1) is 7.95. The summed E-state index contributed by atoms with van der Waals surface area (Å²) in [5, 5.41) is 1.01. The Hall–Kier alpha value is -0.803. The maximum absolute atomic E-state index is 11.0. The van der Waals surface area contributed by atoms with Crippen LogP contribution in [0.5, 0.6) is 0 Å². The molecule has 0 spiro atoms. The van der Waals surface area contributed by atoms with E-state index < -0.39 is 8.07 Å². The van der Waals surface area contributed by atoms with Gasteiger partial charge >= 0.3 is 0 Å². The first kappa shape index (κ1) is 14.3. The first-order valence-electron chi connectivity index (χ1n) is 5.88. The highest BCUT2D eigenvalue weighted by molar-refractivity contribution is 7.80. The summed E-state index contributed by atoms with van der Waals surface area (Å²) in [7, 11) is -1.46. The molecule has 0 aliphatic rings. The Kier molecular flexibility index (Phi) is 5.21. The van der Waals surface area contributed by atoms with Gasteiger partial charge in [-0.3, -0.25) is 4.79 Å². The number of allylic oxidation sites excluding steroid dienone is 2. The number of aldehydes is 1. The van der Waals surface area contributed by atoms with Gasteiger partial charge in [-0.25, -0.2) is 0 Å². The molecule has 0 saturated heterocycles. The first-order valence-corrected chi connectivity index (χ1v) is 9.82. The minimum atomic E-state index is -1.46. The fraction of sp³-hybridized carbons (Fsp3) is 0.357. The summed E-state index contributed by atoms with van der Waals surface area (Å²) in [5.74, 6) is 0. The standard InChI is InChI=1S/C14H20OSSi/c1-17(2,3)13(11-15)9-6-8-12-7-4-5-10-14(12)16/h4-5,7,9-11,16H,6,8H2,1-3H3/b13-9+. The Labute approximate surface area is 110 Å². The van der Waals surface area contributed by atoms with Gasteiger partial charge in [0.05, 0.1) is 8.07 Å². The predicted octanol–water partition coefficient (Wildman–Crippen LogP) is 3.91. The second-order valence-corrected chi connectivity index (χ2v) is 10.8. The van der Waals surface area contributed by atoms with E-state index in [-0.39, 0.29) is 0 Å². The zero-order chi connectivity index (χ0) is 12.9. The highest BCUT2D eigenvalue weighted by atomic mass is 32.1. The number of carbonyl (C=O) groups is 1. The smallest absolute Gasteiger partial charge is 0.141 e.